The van der Waals surface area contributed by atoms with E-state index < -0.39 is 0 Å². The molecule has 5 nitrogen and oxygen atoms in total. The largest absolute Gasteiger partial charge is 0.497 e. The van der Waals surface area contributed by atoms with Gasteiger partial charge in [0, 0.05) is 16.5 Å². The predicted molar refractivity (Wildman–Crippen MR) is 103 cm³/mol. The van der Waals surface area contributed by atoms with Gasteiger partial charge >= 0.3 is 0 Å². The van der Waals surface area contributed by atoms with E-state index in [-0.39, 0.29) is 0 Å². The van der Waals surface area contributed by atoms with Crippen LogP contribution in [-0.2, 0) is 5.75 Å². The van der Waals surface area contributed by atoms with Crippen LogP contribution in [0.1, 0.15) is 5.89 Å². The Hall–Kier alpha value is -2.64. The van der Waals surface area contributed by atoms with Crippen LogP contribution in [0.4, 0.5) is 0 Å². The van der Waals surface area contributed by atoms with Crippen molar-refractivity contribution >= 4 is 23.1 Å². The highest BCUT2D eigenvalue weighted by Gasteiger charge is 2.11. The van der Waals surface area contributed by atoms with Gasteiger partial charge in [-0.1, -0.05) is 47.3 Å². The van der Waals surface area contributed by atoms with Crippen LogP contribution in [0.5, 0.6) is 5.75 Å². The molecular weight excluding hydrogens is 366 g/mol. The first-order chi connectivity index (χ1) is 12.8. The molecule has 4 rings (SSSR count). The second-order valence-electron chi connectivity index (χ2n) is 5.39. The minimum absolute atomic E-state index is 0.576. The van der Waals surface area contributed by atoms with E-state index in [0.717, 1.165) is 26.9 Å². The van der Waals surface area contributed by atoms with Crippen molar-refractivity contribution in [1.82, 2.24) is 15.1 Å². The zero-order chi connectivity index (χ0) is 17.8. The minimum Gasteiger partial charge on any atom is -0.497 e. The highest BCUT2D eigenvalue weighted by molar-refractivity contribution is 8.00. The van der Waals surface area contributed by atoms with Crippen molar-refractivity contribution in [2.75, 3.05) is 7.11 Å². The van der Waals surface area contributed by atoms with Crippen LogP contribution in [0, 0.1) is 0 Å². The molecule has 0 atom stereocenters. The van der Waals surface area contributed by atoms with Crippen molar-refractivity contribution in [1.29, 1.82) is 0 Å². The van der Waals surface area contributed by atoms with Crippen molar-refractivity contribution in [3.05, 3.63) is 65.9 Å². The molecule has 0 spiro atoms. The van der Waals surface area contributed by atoms with Crippen LogP contribution < -0.4 is 4.74 Å². The first-order valence-electron chi connectivity index (χ1n) is 7.92. The molecule has 0 amide bonds. The molecule has 7 heteroatoms. The Bertz CT molecular complexity index is 981. The average Bonchev–Trinajstić information content (AvgIpc) is 3.37. The van der Waals surface area contributed by atoms with Crippen molar-refractivity contribution in [3.8, 4) is 28.4 Å². The maximum absolute atomic E-state index is 5.35. The summed E-state index contributed by atoms with van der Waals surface area (Å²) in [4.78, 5) is 9.11. The lowest BCUT2D eigenvalue weighted by molar-refractivity contribution is 0.391. The normalized spacial score (nSPS) is 10.8. The summed E-state index contributed by atoms with van der Waals surface area (Å²) in [5.41, 5.74) is 3.00. The van der Waals surface area contributed by atoms with Gasteiger partial charge in [-0.2, -0.15) is 4.98 Å². The number of hydrogen-bond donors (Lipinski definition) is 0. The number of thiazole rings is 1. The smallest absolute Gasteiger partial charge is 0.237 e. The highest BCUT2D eigenvalue weighted by atomic mass is 32.2. The van der Waals surface area contributed by atoms with Gasteiger partial charge in [0.15, 0.2) is 4.34 Å². The highest BCUT2D eigenvalue weighted by Crippen LogP contribution is 2.30. The predicted octanol–water partition coefficient (Wildman–Crippen LogP) is 5.16. The van der Waals surface area contributed by atoms with E-state index in [4.69, 9.17) is 9.26 Å². The molecule has 2 aromatic carbocycles. The van der Waals surface area contributed by atoms with Crippen LogP contribution >= 0.6 is 23.1 Å². The Morgan fingerprint density at radius 1 is 1.00 bits per heavy atom. The number of ether oxygens (including phenoxy) is 1. The second kappa shape index (κ2) is 7.72. The zero-order valence-corrected chi connectivity index (χ0v) is 15.6. The third-order valence-corrected chi connectivity index (χ3v) is 5.69. The van der Waals surface area contributed by atoms with Crippen LogP contribution in [0.25, 0.3) is 22.6 Å². The summed E-state index contributed by atoms with van der Waals surface area (Å²) in [6, 6.07) is 17.7. The Morgan fingerprint density at radius 2 is 1.81 bits per heavy atom. The number of aromatic nitrogens is 3. The molecule has 2 aromatic heterocycles. The van der Waals surface area contributed by atoms with Gasteiger partial charge < -0.3 is 9.26 Å². The third kappa shape index (κ3) is 3.79. The molecule has 0 saturated heterocycles. The maximum atomic E-state index is 5.35. The van der Waals surface area contributed by atoms with Gasteiger partial charge in [-0.3, -0.25) is 0 Å². The Kier molecular flexibility index (Phi) is 4.99. The SMILES string of the molecule is COc1ccc(-c2noc(CSc3nc(-c4ccccc4)cs3)n2)cc1. The molecule has 130 valence electrons. The number of hydrogen-bond acceptors (Lipinski definition) is 7. The lowest BCUT2D eigenvalue weighted by Crippen LogP contribution is -1.85. The summed E-state index contributed by atoms with van der Waals surface area (Å²) in [5.74, 6) is 2.54. The molecule has 2 heterocycles. The number of methoxy groups -OCH3 is 1. The summed E-state index contributed by atoms with van der Waals surface area (Å²) < 4.78 is 11.5. The van der Waals surface area contributed by atoms with Crippen LogP contribution in [-0.4, -0.2) is 22.2 Å². The molecule has 0 aliphatic rings. The van der Waals surface area contributed by atoms with Crippen LogP contribution in [0.2, 0.25) is 0 Å². The van der Waals surface area contributed by atoms with Gasteiger partial charge in [0.1, 0.15) is 5.75 Å². The zero-order valence-electron chi connectivity index (χ0n) is 14.0. The molecule has 0 unspecified atom stereocenters. The topological polar surface area (TPSA) is 61.0 Å². The number of rotatable bonds is 6. The van der Waals surface area contributed by atoms with Gasteiger partial charge in [0.05, 0.1) is 18.6 Å². The van der Waals surface area contributed by atoms with E-state index in [1.165, 1.54) is 0 Å². The molecule has 0 saturated carbocycles. The number of benzene rings is 2. The molecule has 0 bridgehead atoms. The van der Waals surface area contributed by atoms with Gasteiger partial charge in [-0.25, -0.2) is 4.98 Å². The summed E-state index contributed by atoms with van der Waals surface area (Å²) in [7, 11) is 1.64. The summed E-state index contributed by atoms with van der Waals surface area (Å²) in [6.07, 6.45) is 0. The van der Waals surface area contributed by atoms with Gasteiger partial charge in [0.25, 0.3) is 0 Å². The van der Waals surface area contributed by atoms with Crippen LogP contribution in [0.3, 0.4) is 0 Å². The summed E-state index contributed by atoms with van der Waals surface area (Å²) in [6.45, 7) is 0. The fourth-order valence-electron chi connectivity index (χ4n) is 2.36. The Morgan fingerprint density at radius 3 is 2.58 bits per heavy atom. The van der Waals surface area contributed by atoms with Crippen LogP contribution in [0.15, 0.2) is 68.8 Å². The number of thioether (sulfide) groups is 1. The van der Waals surface area contributed by atoms with E-state index in [9.17, 15) is 0 Å². The van der Waals surface area contributed by atoms with Gasteiger partial charge in [-0.15, -0.1) is 11.3 Å². The Balaban J connectivity index is 1.41. The van der Waals surface area contributed by atoms with E-state index in [2.05, 4.69) is 32.6 Å². The standard InChI is InChI=1S/C19H15N3O2S2/c1-23-15-9-7-14(8-10-15)18-21-17(24-22-18)12-26-19-20-16(11-25-19)13-5-3-2-4-6-13/h2-11H,12H2,1H3. The molecule has 26 heavy (non-hydrogen) atoms. The monoisotopic (exact) mass is 381 g/mol. The Labute approximate surface area is 159 Å². The lowest BCUT2D eigenvalue weighted by Gasteiger charge is -1.98. The molecule has 0 N–H and O–H groups in total. The third-order valence-electron chi connectivity index (χ3n) is 3.69. The first kappa shape index (κ1) is 16.8. The quantitative estimate of drug-likeness (QED) is 0.430. The molecule has 0 aliphatic heterocycles. The minimum atomic E-state index is 0.576. The van der Waals surface area contributed by atoms with Gasteiger partial charge in [-0.05, 0) is 24.3 Å². The maximum Gasteiger partial charge on any atom is 0.237 e. The fraction of sp³-hybridized carbons (Fsp3) is 0.105. The van der Waals surface area contributed by atoms with Crippen molar-refractivity contribution in [3.63, 3.8) is 0 Å². The average molecular weight is 381 g/mol. The van der Waals surface area contributed by atoms with Gasteiger partial charge in [0.2, 0.25) is 11.7 Å². The molecule has 0 radical (unpaired) electrons. The summed E-state index contributed by atoms with van der Waals surface area (Å²) in [5, 5.41) is 6.11. The van der Waals surface area contributed by atoms with E-state index in [1.807, 2.05) is 42.5 Å². The van der Waals surface area contributed by atoms with E-state index in [0.29, 0.717) is 17.5 Å². The second-order valence-corrected chi connectivity index (χ2v) is 7.47. The van der Waals surface area contributed by atoms with Crippen molar-refractivity contribution in [2.24, 2.45) is 0 Å². The lowest BCUT2D eigenvalue weighted by atomic mass is 10.2. The molecule has 4 aromatic rings. The fourth-order valence-corrected chi connectivity index (χ4v) is 4.03. The summed E-state index contributed by atoms with van der Waals surface area (Å²) >= 11 is 3.21. The molecule has 0 fully saturated rings. The van der Waals surface area contributed by atoms with E-state index >= 15 is 0 Å². The van der Waals surface area contributed by atoms with Crippen molar-refractivity contribution in [2.45, 2.75) is 10.1 Å². The number of nitrogens with zero attached hydrogens (tertiary/aromatic N) is 3. The molecule has 0 aliphatic carbocycles. The first-order valence-corrected chi connectivity index (χ1v) is 9.79. The van der Waals surface area contributed by atoms with Crippen molar-refractivity contribution < 1.29 is 9.26 Å². The molecular formula is C19H15N3O2S2. The van der Waals surface area contributed by atoms with E-state index in [1.54, 1.807) is 30.2 Å².